The van der Waals surface area contributed by atoms with E-state index < -0.39 is 8.07 Å². The van der Waals surface area contributed by atoms with Gasteiger partial charge in [-0.1, -0.05) is 86.4 Å². The molecule has 6 heteroatoms. The topological polar surface area (TPSA) is 51.8 Å². The minimum Gasteiger partial charge on any atom is -0.483 e. The van der Waals surface area contributed by atoms with Gasteiger partial charge in [0.1, 0.15) is 11.3 Å². The number of para-hydroxylation sites is 1. The largest absolute Gasteiger partial charge is 0.483 e. The Morgan fingerprint density at radius 2 is 1.45 bits per heavy atom. The molecule has 0 saturated carbocycles. The van der Waals surface area contributed by atoms with E-state index in [1.54, 1.807) is 6.20 Å². The van der Waals surface area contributed by atoms with Crippen LogP contribution in [0.25, 0.3) is 55.7 Å². The molecule has 7 rings (SSSR count). The molecule has 0 bridgehead atoms. The van der Waals surface area contributed by atoms with Gasteiger partial charge in [-0.3, -0.25) is 0 Å². The van der Waals surface area contributed by atoms with E-state index in [1.165, 1.54) is 16.3 Å². The second-order valence-electron chi connectivity index (χ2n) is 10.8. The van der Waals surface area contributed by atoms with Gasteiger partial charge >= 0.3 is 0 Å². The Bertz CT molecular complexity index is 1880. The monoisotopic (exact) mass is 740 g/mol. The van der Waals surface area contributed by atoms with Gasteiger partial charge in [-0.15, -0.1) is 47.5 Å². The molecule has 4 heterocycles. The zero-order chi connectivity index (χ0) is 28.2. The molecule has 4 nitrogen and oxygen atoms in total. The summed E-state index contributed by atoms with van der Waals surface area (Å²) in [5.41, 5.74) is 7.69. The molecule has 0 atom stereocenters. The van der Waals surface area contributed by atoms with Crippen LogP contribution in [0.4, 0.5) is 0 Å². The van der Waals surface area contributed by atoms with Gasteiger partial charge in [-0.25, -0.2) is 0 Å². The number of pyridine rings is 3. The summed E-state index contributed by atoms with van der Waals surface area (Å²) in [6.45, 7) is 7.06. The molecule has 0 unspecified atom stereocenters. The molecule has 7 aromatic rings. The molecular formula is C36H29IrN3OSi-2. The van der Waals surface area contributed by atoms with Crippen molar-refractivity contribution in [1.29, 1.82) is 0 Å². The molecule has 0 saturated heterocycles. The maximum Gasteiger partial charge on any atom is 0.141 e. The summed E-state index contributed by atoms with van der Waals surface area (Å²) in [5.74, 6) is 0. The van der Waals surface area contributed by atoms with Crippen LogP contribution in [-0.4, -0.2) is 23.0 Å². The van der Waals surface area contributed by atoms with Crippen LogP contribution in [0, 0.1) is 12.3 Å². The molecule has 3 aromatic carbocycles. The zero-order valence-corrected chi connectivity index (χ0v) is 27.0. The fourth-order valence-corrected chi connectivity index (χ4v) is 6.30. The van der Waals surface area contributed by atoms with Crippen molar-refractivity contribution < 1.29 is 24.5 Å². The van der Waals surface area contributed by atoms with E-state index >= 15 is 0 Å². The molecule has 0 aliphatic rings. The molecule has 0 amide bonds. The summed E-state index contributed by atoms with van der Waals surface area (Å²) in [6.07, 6.45) is 6.97. The van der Waals surface area contributed by atoms with Crippen LogP contribution >= 0.6 is 0 Å². The Morgan fingerprint density at radius 1 is 0.690 bits per heavy atom. The number of furan rings is 1. The fraction of sp³-hybridized carbons (Fsp3) is 0.0833. The van der Waals surface area contributed by atoms with Crippen LogP contribution in [-0.2, 0) is 20.1 Å². The molecule has 0 N–H and O–H groups in total. The number of hydrogen-bond acceptors (Lipinski definition) is 4. The van der Waals surface area contributed by atoms with Gasteiger partial charge in [0.2, 0.25) is 0 Å². The van der Waals surface area contributed by atoms with Gasteiger partial charge in [0.05, 0.1) is 8.07 Å². The number of aromatic nitrogens is 3. The second-order valence-corrected chi connectivity index (χ2v) is 15.9. The summed E-state index contributed by atoms with van der Waals surface area (Å²) < 4.78 is 5.84. The summed E-state index contributed by atoms with van der Waals surface area (Å²) >= 11 is 0. The van der Waals surface area contributed by atoms with E-state index in [9.17, 15) is 0 Å². The predicted octanol–water partition coefficient (Wildman–Crippen LogP) is 8.60. The minimum absolute atomic E-state index is 0. The number of fused-ring (bicyclic) bond motifs is 3. The van der Waals surface area contributed by atoms with E-state index in [0.29, 0.717) is 5.71 Å². The Morgan fingerprint density at radius 3 is 2.19 bits per heavy atom. The number of benzene rings is 3. The van der Waals surface area contributed by atoms with Crippen molar-refractivity contribution in [2.24, 2.45) is 0 Å². The van der Waals surface area contributed by atoms with Crippen molar-refractivity contribution in [2.45, 2.75) is 19.6 Å². The van der Waals surface area contributed by atoms with Crippen molar-refractivity contribution in [3.63, 3.8) is 0 Å². The van der Waals surface area contributed by atoms with E-state index in [2.05, 4.69) is 96.6 Å². The van der Waals surface area contributed by atoms with Gasteiger partial charge in [0, 0.05) is 37.9 Å². The first kappa shape index (κ1) is 29.3. The van der Waals surface area contributed by atoms with Gasteiger partial charge in [-0.05, 0) is 51.4 Å². The van der Waals surface area contributed by atoms with Crippen molar-refractivity contribution in [1.82, 2.24) is 15.0 Å². The van der Waals surface area contributed by atoms with Crippen LogP contribution in [0.3, 0.4) is 0 Å². The SMILES string of the molecule is C[Si](C)(C)c1cnc(-c2[c-]nc3oc4ccccc4c3c2)cc1-c1ccccc1.[Ir].[c-]1ccccc1-c1ccccn1. The Labute approximate surface area is 260 Å². The first-order valence-corrected chi connectivity index (χ1v) is 17.1. The molecular weight excluding hydrogens is 711 g/mol. The summed E-state index contributed by atoms with van der Waals surface area (Å²) in [4.78, 5) is 13.5. The maximum atomic E-state index is 5.84. The van der Waals surface area contributed by atoms with Gasteiger partial charge in [-0.2, -0.15) is 0 Å². The van der Waals surface area contributed by atoms with Crippen LogP contribution in [0.15, 0.2) is 126 Å². The fourth-order valence-electron chi connectivity index (χ4n) is 4.83. The van der Waals surface area contributed by atoms with Crippen molar-refractivity contribution in [3.8, 4) is 33.6 Å². The molecule has 0 aliphatic carbocycles. The maximum absolute atomic E-state index is 5.84. The number of nitrogens with zero attached hydrogens (tertiary/aromatic N) is 3. The number of hydrogen-bond donors (Lipinski definition) is 0. The molecule has 42 heavy (non-hydrogen) atoms. The Kier molecular flexibility index (Phi) is 8.88. The summed E-state index contributed by atoms with van der Waals surface area (Å²) in [7, 11) is -1.56. The molecule has 0 fully saturated rings. The molecule has 0 aliphatic heterocycles. The normalized spacial score (nSPS) is 11.0. The molecule has 4 aromatic heterocycles. The number of rotatable bonds is 4. The van der Waals surface area contributed by atoms with Crippen LogP contribution in [0.1, 0.15) is 0 Å². The van der Waals surface area contributed by atoms with Crippen LogP contribution < -0.4 is 5.19 Å². The smallest absolute Gasteiger partial charge is 0.141 e. The van der Waals surface area contributed by atoms with E-state index in [1.807, 2.05) is 60.7 Å². The minimum atomic E-state index is -1.56. The Balaban J connectivity index is 0.000000228. The van der Waals surface area contributed by atoms with Crippen molar-refractivity contribution in [2.75, 3.05) is 0 Å². The standard InChI is InChI=1S/C25H21N2OSi.C11H8N.Ir/c1-29(2,3)24-16-26-22(14-20(24)17-9-5-4-6-10-17)18-13-21-19-11-7-8-12-23(19)28-25(21)27-15-18;1-2-6-10(7-3-1)11-8-4-5-9-12-11;/h4-14,16H,1-3H3;1-6,8-9H;/q2*-1;. The molecule has 0 spiro atoms. The second kappa shape index (κ2) is 12.7. The van der Waals surface area contributed by atoms with Gasteiger partial charge < -0.3 is 19.4 Å². The van der Waals surface area contributed by atoms with E-state index in [-0.39, 0.29) is 20.1 Å². The summed E-state index contributed by atoms with van der Waals surface area (Å²) in [6, 6.07) is 39.6. The van der Waals surface area contributed by atoms with Crippen molar-refractivity contribution in [3.05, 3.63) is 134 Å². The van der Waals surface area contributed by atoms with Gasteiger partial charge in [0.15, 0.2) is 0 Å². The van der Waals surface area contributed by atoms with E-state index in [4.69, 9.17) is 9.40 Å². The van der Waals surface area contributed by atoms with Gasteiger partial charge in [0.25, 0.3) is 0 Å². The average molecular weight is 740 g/mol. The van der Waals surface area contributed by atoms with Crippen LogP contribution in [0.5, 0.6) is 0 Å². The predicted molar refractivity (Wildman–Crippen MR) is 171 cm³/mol. The van der Waals surface area contributed by atoms with E-state index in [0.717, 1.165) is 38.9 Å². The third-order valence-electron chi connectivity index (χ3n) is 6.90. The quantitative estimate of drug-likeness (QED) is 0.134. The third kappa shape index (κ3) is 6.31. The van der Waals surface area contributed by atoms with Crippen LogP contribution in [0.2, 0.25) is 19.6 Å². The zero-order valence-electron chi connectivity index (χ0n) is 23.6. The summed E-state index contributed by atoms with van der Waals surface area (Å²) in [5, 5.41) is 3.41. The first-order valence-electron chi connectivity index (χ1n) is 13.6. The average Bonchev–Trinajstić information content (AvgIpc) is 3.40. The third-order valence-corrected chi connectivity index (χ3v) is 8.92. The first-order chi connectivity index (χ1) is 20.0. The molecule has 1 radical (unpaired) electrons. The Hall–Kier alpha value is -4.22. The molecule has 209 valence electrons. The van der Waals surface area contributed by atoms with Crippen molar-refractivity contribution >= 4 is 35.3 Å².